The van der Waals surface area contributed by atoms with Gasteiger partial charge in [-0.05, 0) is 57.4 Å². The number of aliphatic hydroxyl groups excluding tert-OH is 1. The van der Waals surface area contributed by atoms with E-state index in [4.69, 9.17) is 0 Å². The van der Waals surface area contributed by atoms with Crippen molar-refractivity contribution in [2.75, 3.05) is 6.54 Å². The number of rotatable bonds is 3. The van der Waals surface area contributed by atoms with E-state index < -0.39 is 0 Å². The lowest BCUT2D eigenvalue weighted by molar-refractivity contribution is 0.0681. The predicted octanol–water partition coefficient (Wildman–Crippen LogP) is 3.00. The van der Waals surface area contributed by atoms with Crippen molar-refractivity contribution in [1.82, 2.24) is 4.90 Å². The molecule has 2 aliphatic rings. The highest BCUT2D eigenvalue weighted by Crippen LogP contribution is 2.33. The third kappa shape index (κ3) is 2.63. The summed E-state index contributed by atoms with van der Waals surface area (Å²) in [7, 11) is 0. The topological polar surface area (TPSA) is 40.5 Å². The van der Waals surface area contributed by atoms with Crippen LogP contribution in [0.4, 0.5) is 0 Å². The van der Waals surface area contributed by atoms with Crippen LogP contribution in [0.15, 0.2) is 5.38 Å². The summed E-state index contributed by atoms with van der Waals surface area (Å²) in [4.78, 5) is 16.2. The fourth-order valence-corrected chi connectivity index (χ4v) is 4.69. The molecule has 1 aromatic heterocycles. The molecule has 0 bridgehead atoms. The van der Waals surface area contributed by atoms with Gasteiger partial charge in [-0.3, -0.25) is 4.79 Å². The van der Waals surface area contributed by atoms with Gasteiger partial charge in [0.05, 0.1) is 11.7 Å². The molecule has 3 rings (SSSR count). The summed E-state index contributed by atoms with van der Waals surface area (Å²) in [5.74, 6) is 0.201. The molecule has 1 amide bonds. The number of aryl methyl sites for hydroxylation is 1. The van der Waals surface area contributed by atoms with Crippen LogP contribution in [-0.4, -0.2) is 34.6 Å². The molecule has 1 aromatic rings. The Labute approximate surface area is 124 Å². The quantitative estimate of drug-likeness (QED) is 0.930. The molecule has 0 spiro atoms. The van der Waals surface area contributed by atoms with Crippen molar-refractivity contribution in [1.29, 1.82) is 0 Å². The molecule has 1 saturated heterocycles. The number of hydrogen-bond acceptors (Lipinski definition) is 3. The monoisotopic (exact) mass is 293 g/mol. The van der Waals surface area contributed by atoms with Crippen molar-refractivity contribution >= 4 is 17.2 Å². The molecule has 1 aliphatic heterocycles. The summed E-state index contributed by atoms with van der Waals surface area (Å²) >= 11 is 1.76. The van der Waals surface area contributed by atoms with Crippen LogP contribution in [0.25, 0.3) is 0 Å². The molecule has 0 aromatic carbocycles. The van der Waals surface area contributed by atoms with Crippen LogP contribution in [0.5, 0.6) is 0 Å². The van der Waals surface area contributed by atoms with Crippen molar-refractivity contribution in [2.45, 2.75) is 64.0 Å². The van der Waals surface area contributed by atoms with Gasteiger partial charge in [-0.25, -0.2) is 0 Å². The van der Waals surface area contributed by atoms with E-state index in [1.807, 2.05) is 11.8 Å². The van der Waals surface area contributed by atoms with Gasteiger partial charge in [0, 0.05) is 22.8 Å². The fraction of sp³-hybridized carbons (Fsp3) is 0.688. The van der Waals surface area contributed by atoms with Gasteiger partial charge in [0.1, 0.15) is 0 Å². The minimum absolute atomic E-state index is 0.201. The van der Waals surface area contributed by atoms with Crippen molar-refractivity contribution in [3.63, 3.8) is 0 Å². The van der Waals surface area contributed by atoms with Crippen LogP contribution in [0.3, 0.4) is 0 Å². The second kappa shape index (κ2) is 5.86. The lowest BCUT2D eigenvalue weighted by Crippen LogP contribution is -2.37. The predicted molar refractivity (Wildman–Crippen MR) is 81.3 cm³/mol. The molecule has 110 valence electrons. The van der Waals surface area contributed by atoms with Gasteiger partial charge >= 0.3 is 0 Å². The summed E-state index contributed by atoms with van der Waals surface area (Å²) in [5.41, 5.74) is 2.26. The van der Waals surface area contributed by atoms with Gasteiger partial charge in [-0.2, -0.15) is 0 Å². The molecule has 1 fully saturated rings. The molecule has 2 unspecified atom stereocenters. The molecule has 0 saturated carbocycles. The average Bonchev–Trinajstić information content (AvgIpc) is 3.03. The Kier molecular flexibility index (Phi) is 4.13. The van der Waals surface area contributed by atoms with E-state index in [1.165, 1.54) is 23.3 Å². The Morgan fingerprint density at radius 1 is 1.45 bits per heavy atom. The molecule has 2 heterocycles. The van der Waals surface area contributed by atoms with Gasteiger partial charge in [0.15, 0.2) is 0 Å². The van der Waals surface area contributed by atoms with Gasteiger partial charge in [0.25, 0.3) is 5.91 Å². The minimum Gasteiger partial charge on any atom is -0.393 e. The zero-order chi connectivity index (χ0) is 14.1. The van der Waals surface area contributed by atoms with Crippen molar-refractivity contribution in [3.8, 4) is 0 Å². The highest BCUT2D eigenvalue weighted by Gasteiger charge is 2.32. The molecular weight excluding hydrogens is 270 g/mol. The Hall–Kier alpha value is -0.870. The molecule has 20 heavy (non-hydrogen) atoms. The number of hydrogen-bond donors (Lipinski definition) is 1. The molecule has 1 N–H and O–H groups in total. The molecule has 1 aliphatic carbocycles. The maximum atomic E-state index is 12.8. The van der Waals surface area contributed by atoms with Crippen molar-refractivity contribution < 1.29 is 9.90 Å². The van der Waals surface area contributed by atoms with Crippen LogP contribution in [0.2, 0.25) is 0 Å². The summed E-state index contributed by atoms with van der Waals surface area (Å²) in [6.07, 6.45) is 7.15. The van der Waals surface area contributed by atoms with E-state index in [0.29, 0.717) is 6.42 Å². The Morgan fingerprint density at radius 2 is 2.25 bits per heavy atom. The summed E-state index contributed by atoms with van der Waals surface area (Å²) in [6.45, 7) is 2.66. The number of aliphatic hydroxyl groups is 1. The summed E-state index contributed by atoms with van der Waals surface area (Å²) in [5, 5.41) is 11.7. The number of amides is 1. The molecule has 4 heteroatoms. The molecule has 2 atom stereocenters. The molecular formula is C16H23NO2S. The average molecular weight is 293 g/mol. The lowest BCUT2D eigenvalue weighted by atomic mass is 9.95. The van der Waals surface area contributed by atoms with E-state index >= 15 is 0 Å². The first kappa shape index (κ1) is 14.1. The fourth-order valence-electron chi connectivity index (χ4n) is 3.57. The smallest absolute Gasteiger partial charge is 0.255 e. The number of thiophene rings is 1. The van der Waals surface area contributed by atoms with Gasteiger partial charge in [-0.1, -0.05) is 0 Å². The van der Waals surface area contributed by atoms with Gasteiger partial charge in [0.2, 0.25) is 0 Å². The van der Waals surface area contributed by atoms with Crippen LogP contribution in [-0.2, 0) is 12.8 Å². The van der Waals surface area contributed by atoms with E-state index in [9.17, 15) is 9.90 Å². The first-order valence-corrected chi connectivity index (χ1v) is 8.63. The van der Waals surface area contributed by atoms with E-state index in [0.717, 1.165) is 37.8 Å². The summed E-state index contributed by atoms with van der Waals surface area (Å²) < 4.78 is 0. The van der Waals surface area contributed by atoms with E-state index in [1.54, 1.807) is 11.3 Å². The van der Waals surface area contributed by atoms with Crippen molar-refractivity contribution in [2.24, 2.45) is 0 Å². The number of fused-ring (bicyclic) bond motifs is 1. The second-order valence-electron chi connectivity index (χ2n) is 6.14. The first-order chi connectivity index (χ1) is 9.66. The maximum Gasteiger partial charge on any atom is 0.255 e. The SMILES string of the molecule is CC(O)CC1CCCN1C(=O)c1csc2c1CCCC2. The minimum atomic E-state index is -0.329. The standard InChI is InChI=1S/C16H23NO2S/c1-11(18)9-12-5-4-8-17(12)16(19)14-10-20-15-7-3-2-6-13(14)15/h10-12,18H,2-9H2,1H3. The second-order valence-corrected chi connectivity index (χ2v) is 7.10. The van der Waals surface area contributed by atoms with Crippen LogP contribution < -0.4 is 0 Å². The summed E-state index contributed by atoms with van der Waals surface area (Å²) in [6, 6.07) is 0.224. The maximum absolute atomic E-state index is 12.8. The highest BCUT2D eigenvalue weighted by molar-refractivity contribution is 7.10. The van der Waals surface area contributed by atoms with E-state index in [2.05, 4.69) is 5.38 Å². The third-order valence-corrected chi connectivity index (χ3v) is 5.63. The highest BCUT2D eigenvalue weighted by atomic mass is 32.1. The number of carbonyl (C=O) groups excluding carboxylic acids is 1. The molecule has 0 radical (unpaired) electrons. The Bertz CT molecular complexity index is 495. The largest absolute Gasteiger partial charge is 0.393 e. The Balaban J connectivity index is 1.79. The number of carbonyl (C=O) groups is 1. The van der Waals surface area contributed by atoms with Crippen LogP contribution in [0.1, 0.15) is 59.8 Å². The molecule has 3 nitrogen and oxygen atoms in total. The first-order valence-electron chi connectivity index (χ1n) is 7.75. The number of nitrogens with zero attached hydrogens (tertiary/aromatic N) is 1. The number of likely N-dealkylation sites (tertiary alicyclic amines) is 1. The normalized spacial score (nSPS) is 23.7. The zero-order valence-corrected chi connectivity index (χ0v) is 12.9. The van der Waals surface area contributed by atoms with Crippen LogP contribution in [0, 0.1) is 0 Å². The third-order valence-electron chi connectivity index (χ3n) is 4.54. The zero-order valence-electron chi connectivity index (χ0n) is 12.1. The lowest BCUT2D eigenvalue weighted by Gasteiger charge is -2.26. The van der Waals surface area contributed by atoms with Crippen molar-refractivity contribution in [3.05, 3.63) is 21.4 Å². The Morgan fingerprint density at radius 3 is 3.05 bits per heavy atom. The van der Waals surface area contributed by atoms with Crippen LogP contribution >= 0.6 is 11.3 Å². The van der Waals surface area contributed by atoms with Gasteiger partial charge in [-0.15, -0.1) is 11.3 Å². The van der Waals surface area contributed by atoms with E-state index in [-0.39, 0.29) is 18.1 Å². The van der Waals surface area contributed by atoms with Gasteiger partial charge < -0.3 is 10.0 Å².